The number of hydrogen-bond acceptors (Lipinski definition) is 1. The van der Waals surface area contributed by atoms with E-state index in [4.69, 9.17) is 0 Å². The highest BCUT2D eigenvalue weighted by Crippen LogP contribution is 2.22. The molecule has 0 aliphatic rings. The van der Waals surface area contributed by atoms with Gasteiger partial charge in [0.1, 0.15) is 0 Å². The minimum Gasteiger partial charge on any atom is -0.314 e. The van der Waals surface area contributed by atoms with E-state index in [-0.39, 0.29) is 0 Å². The summed E-state index contributed by atoms with van der Waals surface area (Å²) in [6.07, 6.45) is 3.67. The summed E-state index contributed by atoms with van der Waals surface area (Å²) in [5, 5.41) is 3.62. The first-order chi connectivity index (χ1) is 8.40. The Bertz CT molecular complexity index is 337. The standard InChI is InChI=1S/C16H26IN/c1-5-18-15(10-11-16(2,3)4)12-13-6-8-14(17)9-7-13/h6-9,15,18H,5,10-12H2,1-4H3. The summed E-state index contributed by atoms with van der Waals surface area (Å²) in [4.78, 5) is 0. The van der Waals surface area contributed by atoms with Crippen molar-refractivity contribution >= 4 is 22.6 Å². The van der Waals surface area contributed by atoms with Crippen molar-refractivity contribution in [1.29, 1.82) is 0 Å². The lowest BCUT2D eigenvalue weighted by Gasteiger charge is -2.24. The van der Waals surface area contributed by atoms with Crippen LogP contribution >= 0.6 is 22.6 Å². The van der Waals surface area contributed by atoms with Gasteiger partial charge >= 0.3 is 0 Å². The fraction of sp³-hybridized carbons (Fsp3) is 0.625. The Morgan fingerprint density at radius 3 is 2.28 bits per heavy atom. The van der Waals surface area contributed by atoms with Crippen molar-refractivity contribution in [2.75, 3.05) is 6.54 Å². The smallest absolute Gasteiger partial charge is 0.0130 e. The van der Waals surface area contributed by atoms with E-state index < -0.39 is 0 Å². The minimum absolute atomic E-state index is 0.430. The van der Waals surface area contributed by atoms with Gasteiger partial charge in [-0.1, -0.05) is 39.8 Å². The average Bonchev–Trinajstić information content (AvgIpc) is 2.28. The molecule has 1 N–H and O–H groups in total. The van der Waals surface area contributed by atoms with E-state index in [2.05, 4.69) is 79.9 Å². The highest BCUT2D eigenvalue weighted by atomic mass is 127. The van der Waals surface area contributed by atoms with Gasteiger partial charge in [0.05, 0.1) is 0 Å². The van der Waals surface area contributed by atoms with Gasteiger partial charge in [0, 0.05) is 9.61 Å². The molecule has 0 spiro atoms. The second kappa shape index (κ2) is 7.49. The molecule has 0 heterocycles. The second-order valence-corrected chi connectivity index (χ2v) is 7.43. The maximum absolute atomic E-state index is 3.62. The van der Waals surface area contributed by atoms with Gasteiger partial charge in [-0.3, -0.25) is 0 Å². The number of benzene rings is 1. The van der Waals surface area contributed by atoms with Crippen molar-refractivity contribution in [3.63, 3.8) is 0 Å². The first kappa shape index (κ1) is 16.0. The van der Waals surface area contributed by atoms with Gasteiger partial charge in [-0.25, -0.2) is 0 Å². The summed E-state index contributed by atoms with van der Waals surface area (Å²) in [6.45, 7) is 10.2. The molecular weight excluding hydrogens is 333 g/mol. The quantitative estimate of drug-likeness (QED) is 0.730. The lowest BCUT2D eigenvalue weighted by Crippen LogP contribution is -2.32. The second-order valence-electron chi connectivity index (χ2n) is 6.18. The third kappa shape index (κ3) is 6.74. The van der Waals surface area contributed by atoms with Crippen LogP contribution in [0.1, 0.15) is 46.1 Å². The molecule has 1 nitrogen and oxygen atoms in total. The highest BCUT2D eigenvalue weighted by molar-refractivity contribution is 14.1. The van der Waals surface area contributed by atoms with Crippen LogP contribution in [0.25, 0.3) is 0 Å². The largest absolute Gasteiger partial charge is 0.314 e. The molecular formula is C16H26IN. The molecule has 0 saturated carbocycles. The predicted octanol–water partition coefficient (Wildman–Crippen LogP) is 4.64. The zero-order valence-corrected chi connectivity index (χ0v) is 14.3. The molecule has 1 aromatic carbocycles. The monoisotopic (exact) mass is 359 g/mol. The van der Waals surface area contributed by atoms with Crippen molar-refractivity contribution in [2.45, 2.75) is 53.0 Å². The van der Waals surface area contributed by atoms with E-state index in [1.54, 1.807) is 0 Å². The van der Waals surface area contributed by atoms with Crippen LogP contribution in [0.15, 0.2) is 24.3 Å². The molecule has 1 aromatic rings. The van der Waals surface area contributed by atoms with Crippen molar-refractivity contribution in [3.8, 4) is 0 Å². The normalized spacial score (nSPS) is 13.6. The Morgan fingerprint density at radius 1 is 1.17 bits per heavy atom. The number of likely N-dealkylation sites (N-methyl/N-ethyl adjacent to an activating group) is 1. The van der Waals surface area contributed by atoms with Crippen LogP contribution in [0.5, 0.6) is 0 Å². The van der Waals surface area contributed by atoms with Crippen LogP contribution in [0.2, 0.25) is 0 Å². The molecule has 0 saturated heterocycles. The summed E-state index contributed by atoms with van der Waals surface area (Å²) < 4.78 is 1.31. The number of rotatable bonds is 6. The fourth-order valence-corrected chi connectivity index (χ4v) is 2.44. The van der Waals surface area contributed by atoms with Crippen molar-refractivity contribution in [3.05, 3.63) is 33.4 Å². The van der Waals surface area contributed by atoms with Crippen LogP contribution in [-0.4, -0.2) is 12.6 Å². The van der Waals surface area contributed by atoms with Crippen LogP contribution in [0, 0.1) is 8.99 Å². The van der Waals surface area contributed by atoms with E-state index in [0.717, 1.165) is 13.0 Å². The number of halogens is 1. The Kier molecular flexibility index (Phi) is 6.64. The molecule has 0 aromatic heterocycles. The van der Waals surface area contributed by atoms with Gasteiger partial charge in [-0.2, -0.15) is 0 Å². The lowest BCUT2D eigenvalue weighted by atomic mass is 9.87. The summed E-state index contributed by atoms with van der Waals surface area (Å²) in [5.41, 5.74) is 1.87. The summed E-state index contributed by atoms with van der Waals surface area (Å²) in [7, 11) is 0. The summed E-state index contributed by atoms with van der Waals surface area (Å²) in [6, 6.07) is 9.51. The fourth-order valence-electron chi connectivity index (χ4n) is 2.08. The zero-order chi connectivity index (χ0) is 13.6. The van der Waals surface area contributed by atoms with Crippen molar-refractivity contribution < 1.29 is 0 Å². The molecule has 0 fully saturated rings. The van der Waals surface area contributed by atoms with E-state index in [1.165, 1.54) is 22.0 Å². The lowest BCUT2D eigenvalue weighted by molar-refractivity contribution is 0.330. The third-order valence-electron chi connectivity index (χ3n) is 3.13. The van der Waals surface area contributed by atoms with Gasteiger partial charge in [-0.15, -0.1) is 0 Å². The number of nitrogens with one attached hydrogen (secondary N) is 1. The molecule has 102 valence electrons. The van der Waals surface area contributed by atoms with Gasteiger partial charge < -0.3 is 5.32 Å². The van der Waals surface area contributed by atoms with E-state index in [0.29, 0.717) is 11.5 Å². The Morgan fingerprint density at radius 2 is 1.78 bits per heavy atom. The van der Waals surface area contributed by atoms with Crippen LogP contribution in [0.3, 0.4) is 0 Å². The van der Waals surface area contributed by atoms with Crippen molar-refractivity contribution in [2.24, 2.45) is 5.41 Å². The SMILES string of the molecule is CCNC(CCC(C)(C)C)Cc1ccc(I)cc1. The summed E-state index contributed by atoms with van der Waals surface area (Å²) in [5.74, 6) is 0. The van der Waals surface area contributed by atoms with Crippen LogP contribution in [-0.2, 0) is 6.42 Å². The predicted molar refractivity (Wildman–Crippen MR) is 89.0 cm³/mol. The molecule has 1 rings (SSSR count). The zero-order valence-electron chi connectivity index (χ0n) is 12.1. The molecule has 1 unspecified atom stereocenters. The van der Waals surface area contributed by atoms with Gasteiger partial charge in [0.25, 0.3) is 0 Å². The average molecular weight is 359 g/mol. The van der Waals surface area contributed by atoms with Crippen molar-refractivity contribution in [1.82, 2.24) is 5.32 Å². The van der Waals surface area contributed by atoms with Gasteiger partial charge in [0.2, 0.25) is 0 Å². The summed E-state index contributed by atoms with van der Waals surface area (Å²) >= 11 is 2.36. The molecule has 0 radical (unpaired) electrons. The molecule has 0 aliphatic heterocycles. The van der Waals surface area contributed by atoms with Gasteiger partial charge in [-0.05, 0) is 71.5 Å². The molecule has 0 amide bonds. The highest BCUT2D eigenvalue weighted by Gasteiger charge is 2.15. The Labute approximate surface area is 126 Å². The molecule has 18 heavy (non-hydrogen) atoms. The Hall–Kier alpha value is -0.0900. The third-order valence-corrected chi connectivity index (χ3v) is 3.85. The van der Waals surface area contributed by atoms with E-state index in [9.17, 15) is 0 Å². The van der Waals surface area contributed by atoms with Crippen LogP contribution in [0.4, 0.5) is 0 Å². The first-order valence-electron chi connectivity index (χ1n) is 6.88. The Balaban J connectivity index is 2.54. The van der Waals surface area contributed by atoms with E-state index in [1.807, 2.05) is 0 Å². The maximum atomic E-state index is 3.62. The number of hydrogen-bond donors (Lipinski definition) is 1. The molecule has 0 aliphatic carbocycles. The van der Waals surface area contributed by atoms with E-state index >= 15 is 0 Å². The molecule has 2 heteroatoms. The first-order valence-corrected chi connectivity index (χ1v) is 7.96. The topological polar surface area (TPSA) is 12.0 Å². The molecule has 0 bridgehead atoms. The van der Waals surface area contributed by atoms with Gasteiger partial charge in [0.15, 0.2) is 0 Å². The molecule has 1 atom stereocenters. The maximum Gasteiger partial charge on any atom is 0.0130 e. The van der Waals surface area contributed by atoms with Crippen LogP contribution < -0.4 is 5.32 Å². The minimum atomic E-state index is 0.430.